The van der Waals surface area contributed by atoms with Gasteiger partial charge in [-0.1, -0.05) is 22.9 Å². The van der Waals surface area contributed by atoms with Crippen LogP contribution in [0.1, 0.15) is 12.5 Å². The number of aliphatic imine (C=N–C) groups is 1. The Morgan fingerprint density at radius 1 is 1.36 bits per heavy atom. The minimum Gasteiger partial charge on any atom is -0.457 e. The van der Waals surface area contributed by atoms with Crippen molar-refractivity contribution in [3.05, 3.63) is 41.5 Å². The highest BCUT2D eigenvalue weighted by Gasteiger charge is 2.50. The van der Waals surface area contributed by atoms with Crippen LogP contribution in [0.5, 0.6) is 5.75 Å². The Morgan fingerprint density at radius 2 is 2.00 bits per heavy atom. The van der Waals surface area contributed by atoms with E-state index in [4.69, 9.17) is 10.5 Å². The lowest BCUT2D eigenvalue weighted by Crippen LogP contribution is -2.51. The molecule has 0 radical (unpaired) electrons. The minimum absolute atomic E-state index is 0.0164. The van der Waals surface area contributed by atoms with Crippen molar-refractivity contribution in [1.29, 1.82) is 0 Å². The fourth-order valence-electron chi connectivity index (χ4n) is 2.02. The van der Waals surface area contributed by atoms with Gasteiger partial charge in [0.25, 0.3) is 0 Å². The number of rotatable bonds is 2. The van der Waals surface area contributed by atoms with Gasteiger partial charge in [-0.05, 0) is 30.7 Å². The van der Waals surface area contributed by atoms with Crippen molar-refractivity contribution < 1.29 is 22.3 Å². The molecular weight excluding hydrogens is 368 g/mol. The maximum atomic E-state index is 13.1. The maximum Gasteiger partial charge on any atom is 0.429 e. The Balaban J connectivity index is 2.38. The average Bonchev–Trinajstić information content (AvgIpc) is 2.36. The number of hydrogen-bond donors (Lipinski definition) is 1. The van der Waals surface area contributed by atoms with Gasteiger partial charge < -0.3 is 10.5 Å². The minimum atomic E-state index is -4.58. The van der Waals surface area contributed by atoms with Crippen molar-refractivity contribution in [1.82, 2.24) is 0 Å². The highest BCUT2D eigenvalue weighted by molar-refractivity contribution is 9.10. The number of hydrogen-bond acceptors (Lipinski definition) is 3. The van der Waals surface area contributed by atoms with Crippen molar-refractivity contribution in [2.75, 3.05) is 0 Å². The summed E-state index contributed by atoms with van der Waals surface area (Å²) >= 11 is 3.08. The molecule has 0 saturated carbocycles. The normalized spacial score (nSPS) is 25.5. The van der Waals surface area contributed by atoms with Gasteiger partial charge in [-0.25, -0.2) is 4.39 Å². The summed E-state index contributed by atoms with van der Waals surface area (Å²) in [4.78, 5) is 3.42. The highest BCUT2D eigenvalue weighted by Crippen LogP contribution is 2.40. The summed E-state index contributed by atoms with van der Waals surface area (Å²) in [7, 11) is 0. The standard InChI is InChI=1S/C14H13BrF4N2O/c1-7-5-9(16)3-4-10(7)22-11-6-21-12(14(17,18)19)8(2)13(11,15)20/h3-6,8H,20H2,1-2H3. The van der Waals surface area contributed by atoms with Crippen molar-refractivity contribution in [2.45, 2.75) is 24.5 Å². The lowest BCUT2D eigenvalue weighted by molar-refractivity contribution is -0.0635. The first-order chi connectivity index (χ1) is 10.0. The van der Waals surface area contributed by atoms with Crippen LogP contribution >= 0.6 is 15.9 Å². The van der Waals surface area contributed by atoms with E-state index in [0.717, 1.165) is 6.20 Å². The highest BCUT2D eigenvalue weighted by atomic mass is 79.9. The third-order valence-electron chi connectivity index (χ3n) is 3.39. The van der Waals surface area contributed by atoms with Gasteiger partial charge in [-0.15, -0.1) is 0 Å². The van der Waals surface area contributed by atoms with Crippen molar-refractivity contribution in [3.8, 4) is 5.75 Å². The second-order valence-corrected chi connectivity index (χ2v) is 6.32. The first-order valence-corrected chi connectivity index (χ1v) is 7.10. The quantitative estimate of drug-likeness (QED) is 0.477. The summed E-state index contributed by atoms with van der Waals surface area (Å²) in [6.07, 6.45) is -3.65. The van der Waals surface area contributed by atoms with Crippen LogP contribution < -0.4 is 10.5 Å². The Bertz CT molecular complexity index is 653. The molecule has 1 aromatic carbocycles. The Hall–Kier alpha value is -1.41. The van der Waals surface area contributed by atoms with Crippen LogP contribution in [-0.2, 0) is 0 Å². The lowest BCUT2D eigenvalue weighted by Gasteiger charge is -2.35. The molecule has 1 aliphatic rings. The molecule has 0 amide bonds. The van der Waals surface area contributed by atoms with Crippen LogP contribution in [0.15, 0.2) is 35.2 Å². The first kappa shape index (κ1) is 17.0. The van der Waals surface area contributed by atoms with Crippen molar-refractivity contribution in [3.63, 3.8) is 0 Å². The van der Waals surface area contributed by atoms with Gasteiger partial charge in [-0.2, -0.15) is 13.2 Å². The number of ether oxygens (including phenoxy) is 1. The van der Waals surface area contributed by atoms with Crippen molar-refractivity contribution >= 4 is 21.6 Å². The number of nitrogens with two attached hydrogens (primary N) is 1. The van der Waals surface area contributed by atoms with E-state index in [-0.39, 0.29) is 5.76 Å². The Labute approximate surface area is 133 Å². The van der Waals surface area contributed by atoms with Gasteiger partial charge in [0.05, 0.1) is 6.20 Å². The number of alkyl halides is 4. The predicted octanol–water partition coefficient (Wildman–Crippen LogP) is 4.06. The van der Waals surface area contributed by atoms with Crippen LogP contribution in [0.3, 0.4) is 0 Å². The molecule has 0 bridgehead atoms. The molecule has 120 valence electrons. The second kappa shape index (κ2) is 5.66. The maximum absolute atomic E-state index is 13.1. The van der Waals surface area contributed by atoms with Crippen LogP contribution in [0.25, 0.3) is 0 Å². The van der Waals surface area contributed by atoms with Crippen LogP contribution in [0.2, 0.25) is 0 Å². The van der Waals surface area contributed by atoms with E-state index in [1.807, 2.05) is 0 Å². The van der Waals surface area contributed by atoms with E-state index in [2.05, 4.69) is 20.9 Å². The smallest absolute Gasteiger partial charge is 0.429 e. The molecular formula is C14H13BrF4N2O. The molecule has 2 N–H and O–H groups in total. The summed E-state index contributed by atoms with van der Waals surface area (Å²) in [5.41, 5.74) is 5.45. The van der Waals surface area contributed by atoms with Gasteiger partial charge in [0.15, 0.2) is 5.76 Å². The summed E-state index contributed by atoms with van der Waals surface area (Å²) in [5, 5.41) is 0. The van der Waals surface area contributed by atoms with E-state index in [1.165, 1.54) is 25.1 Å². The van der Waals surface area contributed by atoms with Gasteiger partial charge in [0.2, 0.25) is 0 Å². The zero-order chi connectivity index (χ0) is 16.7. The van der Waals surface area contributed by atoms with Crippen LogP contribution in [0, 0.1) is 18.7 Å². The predicted molar refractivity (Wildman–Crippen MR) is 78.3 cm³/mol. The van der Waals surface area contributed by atoms with E-state index in [0.29, 0.717) is 11.3 Å². The lowest BCUT2D eigenvalue weighted by atomic mass is 9.93. The molecule has 0 saturated heterocycles. The van der Waals surface area contributed by atoms with E-state index >= 15 is 0 Å². The monoisotopic (exact) mass is 380 g/mol. The Morgan fingerprint density at radius 3 is 2.55 bits per heavy atom. The van der Waals surface area contributed by atoms with Gasteiger partial charge in [0.1, 0.15) is 21.7 Å². The van der Waals surface area contributed by atoms with Crippen molar-refractivity contribution in [2.24, 2.45) is 16.6 Å². The zero-order valence-electron chi connectivity index (χ0n) is 11.7. The van der Waals surface area contributed by atoms with E-state index in [9.17, 15) is 17.6 Å². The molecule has 1 heterocycles. The molecule has 22 heavy (non-hydrogen) atoms. The SMILES string of the molecule is Cc1cc(F)ccc1OC1=CN=C(C(F)(F)F)C(C)C1(N)Br. The third-order valence-corrected chi connectivity index (χ3v) is 4.46. The topological polar surface area (TPSA) is 47.6 Å². The molecule has 2 atom stereocenters. The largest absolute Gasteiger partial charge is 0.457 e. The number of aryl methyl sites for hydroxylation is 1. The number of benzene rings is 1. The molecule has 2 rings (SSSR count). The molecule has 0 fully saturated rings. The van der Waals surface area contributed by atoms with Gasteiger partial charge in [0, 0.05) is 5.92 Å². The summed E-state index contributed by atoms with van der Waals surface area (Å²) in [6.45, 7) is 2.91. The Kier molecular flexibility index (Phi) is 4.36. The van der Waals surface area contributed by atoms with E-state index in [1.54, 1.807) is 6.92 Å². The summed E-state index contributed by atoms with van der Waals surface area (Å²) < 4.78 is 55.7. The number of halogens is 5. The summed E-state index contributed by atoms with van der Waals surface area (Å²) in [5.74, 6) is -1.29. The molecule has 0 spiro atoms. The van der Waals surface area contributed by atoms with Gasteiger partial charge in [-0.3, -0.25) is 4.99 Å². The third kappa shape index (κ3) is 3.17. The molecule has 3 nitrogen and oxygen atoms in total. The molecule has 2 unspecified atom stereocenters. The van der Waals surface area contributed by atoms with Crippen LogP contribution in [-0.4, -0.2) is 16.3 Å². The fourth-order valence-corrected chi connectivity index (χ4v) is 2.42. The van der Waals surface area contributed by atoms with Gasteiger partial charge >= 0.3 is 6.18 Å². The van der Waals surface area contributed by atoms with E-state index < -0.39 is 28.1 Å². The molecule has 8 heteroatoms. The van der Waals surface area contributed by atoms with Crippen LogP contribution in [0.4, 0.5) is 17.6 Å². The fraction of sp³-hybridized carbons (Fsp3) is 0.357. The zero-order valence-corrected chi connectivity index (χ0v) is 13.3. The molecule has 1 aliphatic heterocycles. The first-order valence-electron chi connectivity index (χ1n) is 6.31. The molecule has 1 aromatic rings. The number of nitrogens with zero attached hydrogens (tertiary/aromatic N) is 1. The molecule has 0 aromatic heterocycles. The molecule has 0 aliphatic carbocycles. The average molecular weight is 381 g/mol. The second-order valence-electron chi connectivity index (χ2n) is 5.01. The summed E-state index contributed by atoms with van der Waals surface area (Å²) in [6, 6.07) is 3.81.